The van der Waals surface area contributed by atoms with E-state index in [1.165, 1.54) is 0 Å². The van der Waals surface area contributed by atoms with Crippen molar-refractivity contribution >= 4 is 52.1 Å². The van der Waals surface area contributed by atoms with Gasteiger partial charge in [0, 0.05) is 19.7 Å². The molecule has 4 nitrogen and oxygen atoms in total. The van der Waals surface area contributed by atoms with Crippen molar-refractivity contribution in [2.75, 3.05) is 0 Å². The summed E-state index contributed by atoms with van der Waals surface area (Å²) in [6.07, 6.45) is 1.68. The second kappa shape index (κ2) is 8.80. The van der Waals surface area contributed by atoms with Crippen LogP contribution in [0.2, 0.25) is 5.02 Å². The van der Waals surface area contributed by atoms with Crippen LogP contribution in [-0.4, -0.2) is 11.9 Å². The SMILES string of the molecule is O=C1OC(c2ccc(I)cc2)=NC1=Cc1ccccc1OCc1cccc(Cl)c1. The van der Waals surface area contributed by atoms with Crippen molar-refractivity contribution in [1.29, 1.82) is 0 Å². The van der Waals surface area contributed by atoms with E-state index in [2.05, 4.69) is 27.6 Å². The van der Waals surface area contributed by atoms with Crippen molar-refractivity contribution in [3.63, 3.8) is 0 Å². The molecule has 1 aliphatic rings. The Balaban J connectivity index is 1.57. The molecule has 6 heteroatoms. The molecule has 29 heavy (non-hydrogen) atoms. The van der Waals surface area contributed by atoms with E-state index in [0.29, 0.717) is 23.3 Å². The Kier molecular flexibility index (Phi) is 5.97. The van der Waals surface area contributed by atoms with E-state index in [4.69, 9.17) is 21.1 Å². The number of ether oxygens (including phenoxy) is 2. The van der Waals surface area contributed by atoms with Gasteiger partial charge < -0.3 is 9.47 Å². The van der Waals surface area contributed by atoms with Crippen LogP contribution in [0.1, 0.15) is 16.7 Å². The van der Waals surface area contributed by atoms with Crippen LogP contribution in [-0.2, 0) is 16.1 Å². The summed E-state index contributed by atoms with van der Waals surface area (Å²) < 4.78 is 12.4. The molecule has 1 aliphatic heterocycles. The van der Waals surface area contributed by atoms with E-state index in [9.17, 15) is 4.79 Å². The Morgan fingerprint density at radius 3 is 2.62 bits per heavy atom. The molecular weight excluding hydrogens is 501 g/mol. The van der Waals surface area contributed by atoms with E-state index < -0.39 is 5.97 Å². The number of esters is 1. The maximum absolute atomic E-state index is 12.3. The number of nitrogens with zero attached hydrogens (tertiary/aromatic N) is 1. The molecule has 0 amide bonds. The molecule has 0 fully saturated rings. The number of carbonyl (C=O) groups is 1. The van der Waals surface area contributed by atoms with Gasteiger partial charge >= 0.3 is 5.97 Å². The van der Waals surface area contributed by atoms with E-state index in [0.717, 1.165) is 20.3 Å². The number of hydrogen-bond acceptors (Lipinski definition) is 4. The highest BCUT2D eigenvalue weighted by Gasteiger charge is 2.24. The van der Waals surface area contributed by atoms with Crippen molar-refractivity contribution in [2.45, 2.75) is 6.61 Å². The minimum absolute atomic E-state index is 0.234. The van der Waals surface area contributed by atoms with Crippen LogP contribution in [0.4, 0.5) is 0 Å². The van der Waals surface area contributed by atoms with Crippen LogP contribution in [0.15, 0.2) is 83.5 Å². The summed E-state index contributed by atoms with van der Waals surface area (Å²) in [6, 6.07) is 22.6. The largest absolute Gasteiger partial charge is 0.488 e. The Morgan fingerprint density at radius 1 is 1.03 bits per heavy atom. The molecule has 0 aliphatic carbocycles. The fourth-order valence-corrected chi connectivity index (χ4v) is 3.36. The van der Waals surface area contributed by atoms with Crippen molar-refractivity contribution in [3.8, 4) is 5.75 Å². The third-order valence-electron chi connectivity index (χ3n) is 4.21. The van der Waals surface area contributed by atoms with Crippen LogP contribution in [0.25, 0.3) is 6.08 Å². The molecule has 0 atom stereocenters. The Bertz CT molecular complexity index is 1120. The van der Waals surface area contributed by atoms with Crippen molar-refractivity contribution in [2.24, 2.45) is 4.99 Å². The zero-order chi connectivity index (χ0) is 20.2. The van der Waals surface area contributed by atoms with Gasteiger partial charge in [-0.1, -0.05) is 41.9 Å². The highest BCUT2D eigenvalue weighted by Crippen LogP contribution is 2.26. The van der Waals surface area contributed by atoms with E-state index in [1.54, 1.807) is 6.08 Å². The smallest absolute Gasteiger partial charge is 0.363 e. The molecule has 0 radical (unpaired) electrons. The number of carbonyl (C=O) groups excluding carboxylic acids is 1. The topological polar surface area (TPSA) is 47.9 Å². The van der Waals surface area contributed by atoms with Gasteiger partial charge in [-0.3, -0.25) is 0 Å². The van der Waals surface area contributed by atoms with Gasteiger partial charge in [0.05, 0.1) is 0 Å². The second-order valence-corrected chi connectivity index (χ2v) is 7.98. The van der Waals surface area contributed by atoms with Crippen LogP contribution in [0.3, 0.4) is 0 Å². The summed E-state index contributed by atoms with van der Waals surface area (Å²) in [6.45, 7) is 0.363. The van der Waals surface area contributed by atoms with E-state index in [-0.39, 0.29) is 5.70 Å². The molecule has 0 bridgehead atoms. The lowest BCUT2D eigenvalue weighted by Crippen LogP contribution is -2.05. The monoisotopic (exact) mass is 515 g/mol. The third-order valence-corrected chi connectivity index (χ3v) is 5.16. The number of hydrogen-bond donors (Lipinski definition) is 0. The van der Waals surface area contributed by atoms with Gasteiger partial charge in [0.15, 0.2) is 5.70 Å². The van der Waals surface area contributed by atoms with Crippen LogP contribution in [0, 0.1) is 3.57 Å². The van der Waals surface area contributed by atoms with Crippen LogP contribution >= 0.6 is 34.2 Å². The lowest BCUT2D eigenvalue weighted by molar-refractivity contribution is -0.129. The summed E-state index contributed by atoms with van der Waals surface area (Å²) in [5.41, 5.74) is 2.69. The Labute approximate surface area is 187 Å². The number of rotatable bonds is 5. The highest BCUT2D eigenvalue weighted by atomic mass is 127. The van der Waals surface area contributed by atoms with Gasteiger partial charge in [-0.25, -0.2) is 9.79 Å². The fraction of sp³-hybridized carbons (Fsp3) is 0.0435. The molecule has 0 unspecified atom stereocenters. The van der Waals surface area contributed by atoms with E-state index >= 15 is 0 Å². The average Bonchev–Trinajstić information content (AvgIpc) is 3.08. The summed E-state index contributed by atoms with van der Waals surface area (Å²) in [5, 5.41) is 0.660. The van der Waals surface area contributed by atoms with Gasteiger partial charge in [-0.2, -0.15) is 0 Å². The first-order chi connectivity index (χ1) is 14.1. The number of benzene rings is 3. The number of para-hydroxylation sites is 1. The quantitative estimate of drug-likeness (QED) is 0.243. The number of cyclic esters (lactones) is 1. The molecule has 0 spiro atoms. The number of halogens is 2. The van der Waals surface area contributed by atoms with Gasteiger partial charge in [0.2, 0.25) is 5.90 Å². The van der Waals surface area contributed by atoms with Crippen LogP contribution in [0.5, 0.6) is 5.75 Å². The fourth-order valence-electron chi connectivity index (χ4n) is 2.79. The zero-order valence-electron chi connectivity index (χ0n) is 15.1. The van der Waals surface area contributed by atoms with E-state index in [1.807, 2.05) is 72.8 Å². The summed E-state index contributed by atoms with van der Waals surface area (Å²) in [5.74, 6) is 0.462. The van der Waals surface area contributed by atoms with Crippen molar-refractivity contribution < 1.29 is 14.3 Å². The predicted octanol–water partition coefficient (Wildman–Crippen LogP) is 5.87. The molecule has 3 aromatic carbocycles. The van der Waals surface area contributed by atoms with Gasteiger partial charge in [-0.15, -0.1) is 0 Å². The summed E-state index contributed by atoms with van der Waals surface area (Å²) in [4.78, 5) is 16.7. The van der Waals surface area contributed by atoms with Gasteiger partial charge in [0.25, 0.3) is 0 Å². The van der Waals surface area contributed by atoms with Gasteiger partial charge in [0.1, 0.15) is 12.4 Å². The molecule has 0 N–H and O–H groups in total. The first-order valence-electron chi connectivity index (χ1n) is 8.83. The first-order valence-corrected chi connectivity index (χ1v) is 10.3. The Hall–Kier alpha value is -2.64. The molecule has 0 saturated carbocycles. The van der Waals surface area contributed by atoms with Gasteiger partial charge in [-0.05, 0) is 76.7 Å². The summed E-state index contributed by atoms with van der Waals surface area (Å²) in [7, 11) is 0. The van der Waals surface area contributed by atoms with Crippen molar-refractivity contribution in [1.82, 2.24) is 0 Å². The lowest BCUT2D eigenvalue weighted by atomic mass is 10.1. The third kappa shape index (κ3) is 4.86. The lowest BCUT2D eigenvalue weighted by Gasteiger charge is -2.09. The molecule has 144 valence electrons. The average molecular weight is 516 g/mol. The van der Waals surface area contributed by atoms with Crippen LogP contribution < -0.4 is 4.74 Å². The highest BCUT2D eigenvalue weighted by molar-refractivity contribution is 14.1. The predicted molar refractivity (Wildman–Crippen MR) is 122 cm³/mol. The minimum Gasteiger partial charge on any atom is -0.488 e. The minimum atomic E-state index is -0.483. The molecule has 4 rings (SSSR count). The maximum Gasteiger partial charge on any atom is 0.363 e. The second-order valence-electron chi connectivity index (χ2n) is 6.30. The first kappa shape index (κ1) is 19.7. The molecule has 0 aromatic heterocycles. The molecular formula is C23H15ClINO3. The number of aliphatic imine (C=N–C) groups is 1. The standard InChI is InChI=1S/C23H15ClINO3/c24-18-6-3-4-15(12-18)14-28-21-7-2-1-5-17(21)13-20-23(27)29-22(26-20)16-8-10-19(25)11-9-16/h1-13H,14H2. The Morgan fingerprint density at radius 2 is 1.83 bits per heavy atom. The summed E-state index contributed by atoms with van der Waals surface area (Å²) >= 11 is 8.25. The normalized spacial score (nSPS) is 14.6. The zero-order valence-corrected chi connectivity index (χ0v) is 18.1. The molecule has 1 heterocycles. The van der Waals surface area contributed by atoms with Crippen molar-refractivity contribution in [3.05, 3.63) is 104 Å². The maximum atomic E-state index is 12.3. The molecule has 3 aromatic rings. The molecule has 0 saturated heterocycles.